The summed E-state index contributed by atoms with van der Waals surface area (Å²) in [6.07, 6.45) is 0. The highest BCUT2D eigenvalue weighted by atomic mass is 35.5. The SMILES string of the molecule is Clc1cccc(Cl)c1OCC1CSc2ccccc21. The summed E-state index contributed by atoms with van der Waals surface area (Å²) in [5.41, 5.74) is 1.36. The third-order valence-corrected chi connectivity index (χ3v) is 4.99. The Bertz CT molecular complexity index is 580. The van der Waals surface area contributed by atoms with E-state index in [1.165, 1.54) is 10.5 Å². The van der Waals surface area contributed by atoms with Gasteiger partial charge in [0.25, 0.3) is 0 Å². The minimum Gasteiger partial charge on any atom is -0.490 e. The topological polar surface area (TPSA) is 9.23 Å². The number of benzene rings is 2. The maximum atomic E-state index is 6.10. The van der Waals surface area contributed by atoms with E-state index >= 15 is 0 Å². The van der Waals surface area contributed by atoms with Gasteiger partial charge in [-0.25, -0.2) is 0 Å². The number of fused-ring (bicyclic) bond motifs is 1. The van der Waals surface area contributed by atoms with Crippen LogP contribution in [0.25, 0.3) is 0 Å². The molecule has 0 amide bonds. The van der Waals surface area contributed by atoms with Crippen molar-refractivity contribution >= 4 is 35.0 Å². The van der Waals surface area contributed by atoms with Crippen LogP contribution >= 0.6 is 35.0 Å². The van der Waals surface area contributed by atoms with Crippen molar-refractivity contribution in [3.8, 4) is 5.75 Å². The average molecular weight is 311 g/mol. The van der Waals surface area contributed by atoms with Crippen LogP contribution in [0.4, 0.5) is 0 Å². The van der Waals surface area contributed by atoms with E-state index in [9.17, 15) is 0 Å². The van der Waals surface area contributed by atoms with Crippen LogP contribution in [-0.4, -0.2) is 12.4 Å². The molecule has 4 heteroatoms. The first-order valence-electron chi connectivity index (χ1n) is 6.04. The standard InChI is InChI=1S/C15H12Cl2OS/c16-12-5-3-6-13(17)15(12)18-8-10-9-19-14-7-2-1-4-11(10)14/h1-7,10H,8-9H2. The molecular formula is C15H12Cl2OS. The normalized spacial score (nSPS) is 17.3. The van der Waals surface area contributed by atoms with E-state index in [1.54, 1.807) is 12.1 Å². The fourth-order valence-corrected chi connectivity index (χ4v) is 3.91. The Morgan fingerprint density at radius 2 is 1.79 bits per heavy atom. The molecule has 0 radical (unpaired) electrons. The maximum Gasteiger partial charge on any atom is 0.156 e. The van der Waals surface area contributed by atoms with E-state index in [0.29, 0.717) is 28.3 Å². The molecule has 2 aromatic carbocycles. The van der Waals surface area contributed by atoms with Crippen molar-refractivity contribution in [3.05, 3.63) is 58.1 Å². The van der Waals surface area contributed by atoms with Gasteiger partial charge < -0.3 is 4.74 Å². The summed E-state index contributed by atoms with van der Waals surface area (Å²) in [4.78, 5) is 1.35. The number of hydrogen-bond acceptors (Lipinski definition) is 2. The Hall–Kier alpha value is -0.830. The van der Waals surface area contributed by atoms with E-state index in [-0.39, 0.29) is 0 Å². The third-order valence-electron chi connectivity index (χ3n) is 3.15. The van der Waals surface area contributed by atoms with Gasteiger partial charge in [-0.2, -0.15) is 0 Å². The summed E-state index contributed by atoms with van der Waals surface area (Å²) in [7, 11) is 0. The van der Waals surface area contributed by atoms with Gasteiger partial charge in [0.2, 0.25) is 0 Å². The second kappa shape index (κ2) is 5.66. The van der Waals surface area contributed by atoms with Crippen molar-refractivity contribution in [1.82, 2.24) is 0 Å². The van der Waals surface area contributed by atoms with E-state index in [2.05, 4.69) is 24.3 Å². The third kappa shape index (κ3) is 2.71. The number of ether oxygens (including phenoxy) is 1. The Balaban J connectivity index is 1.75. The lowest BCUT2D eigenvalue weighted by Crippen LogP contribution is -2.10. The first kappa shape index (κ1) is 13.2. The van der Waals surface area contributed by atoms with Crippen LogP contribution in [-0.2, 0) is 0 Å². The van der Waals surface area contributed by atoms with Gasteiger partial charge in [-0.3, -0.25) is 0 Å². The molecule has 0 spiro atoms. The van der Waals surface area contributed by atoms with Crippen LogP contribution in [0.2, 0.25) is 10.0 Å². The quantitative estimate of drug-likeness (QED) is 0.764. The minimum atomic E-state index is 0.397. The monoisotopic (exact) mass is 310 g/mol. The Morgan fingerprint density at radius 1 is 1.05 bits per heavy atom. The first-order valence-corrected chi connectivity index (χ1v) is 7.78. The highest BCUT2D eigenvalue weighted by Crippen LogP contribution is 2.40. The van der Waals surface area contributed by atoms with Gasteiger partial charge in [0, 0.05) is 16.6 Å². The largest absolute Gasteiger partial charge is 0.490 e. The zero-order valence-electron chi connectivity index (χ0n) is 10.1. The summed E-state index contributed by atoms with van der Waals surface area (Å²) in [5.74, 6) is 2.02. The number of rotatable bonds is 3. The fourth-order valence-electron chi connectivity index (χ4n) is 2.17. The lowest BCUT2D eigenvalue weighted by molar-refractivity contribution is 0.298. The van der Waals surface area contributed by atoms with Crippen molar-refractivity contribution in [3.63, 3.8) is 0 Å². The van der Waals surface area contributed by atoms with E-state index in [0.717, 1.165) is 5.75 Å². The van der Waals surface area contributed by atoms with Gasteiger partial charge in [0.05, 0.1) is 16.7 Å². The van der Waals surface area contributed by atoms with E-state index in [4.69, 9.17) is 27.9 Å². The Labute approximate surface area is 126 Å². The molecule has 19 heavy (non-hydrogen) atoms. The van der Waals surface area contributed by atoms with Crippen LogP contribution < -0.4 is 4.74 Å². The highest BCUT2D eigenvalue weighted by Gasteiger charge is 2.23. The second-order valence-electron chi connectivity index (χ2n) is 4.41. The summed E-state index contributed by atoms with van der Waals surface area (Å²) >= 11 is 14.1. The molecule has 1 aliphatic heterocycles. The molecule has 2 aromatic rings. The number of para-hydroxylation sites is 1. The van der Waals surface area contributed by atoms with E-state index in [1.807, 2.05) is 17.8 Å². The van der Waals surface area contributed by atoms with Crippen LogP contribution in [0.1, 0.15) is 11.5 Å². The Kier molecular flexibility index (Phi) is 3.92. The Morgan fingerprint density at radius 3 is 2.58 bits per heavy atom. The maximum absolute atomic E-state index is 6.10. The molecule has 1 heterocycles. The van der Waals surface area contributed by atoms with Crippen molar-refractivity contribution < 1.29 is 4.74 Å². The zero-order valence-corrected chi connectivity index (χ0v) is 12.4. The number of halogens is 2. The molecule has 0 N–H and O–H groups in total. The van der Waals surface area contributed by atoms with Crippen LogP contribution in [0.5, 0.6) is 5.75 Å². The fraction of sp³-hybridized carbons (Fsp3) is 0.200. The molecular weight excluding hydrogens is 299 g/mol. The summed E-state index contributed by atoms with van der Waals surface area (Å²) in [5, 5.41) is 1.12. The van der Waals surface area contributed by atoms with Gasteiger partial charge in [-0.15, -0.1) is 11.8 Å². The van der Waals surface area contributed by atoms with Crippen molar-refractivity contribution in [2.75, 3.05) is 12.4 Å². The lowest BCUT2D eigenvalue weighted by Gasteiger charge is -2.14. The molecule has 0 saturated carbocycles. The molecule has 1 aliphatic rings. The van der Waals surface area contributed by atoms with Crippen molar-refractivity contribution in [2.24, 2.45) is 0 Å². The van der Waals surface area contributed by atoms with E-state index < -0.39 is 0 Å². The molecule has 0 saturated heterocycles. The molecule has 98 valence electrons. The van der Waals surface area contributed by atoms with Crippen molar-refractivity contribution in [1.29, 1.82) is 0 Å². The molecule has 3 rings (SSSR count). The minimum absolute atomic E-state index is 0.397. The molecule has 0 aliphatic carbocycles. The molecule has 1 unspecified atom stereocenters. The smallest absolute Gasteiger partial charge is 0.156 e. The second-order valence-corrected chi connectivity index (χ2v) is 6.28. The summed E-state index contributed by atoms with van der Waals surface area (Å²) in [6, 6.07) is 13.9. The molecule has 0 bridgehead atoms. The molecule has 0 aromatic heterocycles. The number of thioether (sulfide) groups is 1. The summed E-state index contributed by atoms with van der Waals surface area (Å²) < 4.78 is 5.83. The van der Waals surface area contributed by atoms with Crippen LogP contribution in [0.3, 0.4) is 0 Å². The number of hydrogen-bond donors (Lipinski definition) is 0. The highest BCUT2D eigenvalue weighted by molar-refractivity contribution is 7.99. The van der Waals surface area contributed by atoms with Gasteiger partial charge >= 0.3 is 0 Å². The van der Waals surface area contributed by atoms with Gasteiger partial charge in [-0.05, 0) is 23.8 Å². The first-order chi connectivity index (χ1) is 9.25. The van der Waals surface area contributed by atoms with Gasteiger partial charge in [0.1, 0.15) is 0 Å². The van der Waals surface area contributed by atoms with Crippen molar-refractivity contribution in [2.45, 2.75) is 10.8 Å². The lowest BCUT2D eigenvalue weighted by atomic mass is 10.0. The summed E-state index contributed by atoms with van der Waals surface area (Å²) in [6.45, 7) is 0.605. The van der Waals surface area contributed by atoms with Gasteiger partial charge in [0.15, 0.2) is 5.75 Å². The predicted molar refractivity (Wildman–Crippen MR) is 81.9 cm³/mol. The molecule has 0 fully saturated rings. The van der Waals surface area contributed by atoms with Gasteiger partial charge in [-0.1, -0.05) is 47.5 Å². The molecule has 1 nitrogen and oxygen atoms in total. The van der Waals surface area contributed by atoms with Crippen LogP contribution in [0.15, 0.2) is 47.4 Å². The average Bonchev–Trinajstić information content (AvgIpc) is 2.82. The molecule has 1 atom stereocenters. The predicted octanol–water partition coefficient (Wildman–Crippen LogP) is 5.26. The van der Waals surface area contributed by atoms with Crippen LogP contribution in [0, 0.1) is 0 Å². The zero-order chi connectivity index (χ0) is 13.2.